The fourth-order valence-corrected chi connectivity index (χ4v) is 4.69. The normalized spacial score (nSPS) is 13.3. The monoisotopic (exact) mass is 446 g/mol. The average Bonchev–Trinajstić information content (AvgIpc) is 3.49. The molecule has 0 saturated heterocycles. The fraction of sp³-hybridized carbons (Fsp3) is 0.240. The molecule has 5 nitrogen and oxygen atoms in total. The number of hydrogen-bond acceptors (Lipinski definition) is 4. The standard InChI is InChI=1S/C25H23FN4OS/c1-2-15-3-8-21(28-14-15)23-13-22-24(32-23)17(9-10-27-22)11-16-4-5-19(12-20(16)26)30-25(31)29-18-6-7-18/h3-5,8-10,12-14,18H,2,6-7,11H2,1H3,(H2,29,30,31). The van der Waals surface area contributed by atoms with Gasteiger partial charge in [-0.2, -0.15) is 0 Å². The van der Waals surface area contributed by atoms with Crippen LogP contribution >= 0.6 is 11.3 Å². The second-order valence-electron chi connectivity index (χ2n) is 8.06. The molecular formula is C25H23FN4OS. The highest BCUT2D eigenvalue weighted by Gasteiger charge is 2.23. The van der Waals surface area contributed by atoms with Gasteiger partial charge in [0.1, 0.15) is 5.82 Å². The third kappa shape index (κ3) is 4.48. The van der Waals surface area contributed by atoms with Gasteiger partial charge in [0.25, 0.3) is 0 Å². The van der Waals surface area contributed by atoms with Crippen LogP contribution in [0.25, 0.3) is 20.8 Å². The van der Waals surface area contributed by atoms with Crippen LogP contribution in [-0.4, -0.2) is 22.0 Å². The number of benzene rings is 1. The molecule has 5 rings (SSSR count). The number of anilines is 1. The number of halogens is 1. The molecule has 0 atom stereocenters. The van der Waals surface area contributed by atoms with E-state index in [9.17, 15) is 9.18 Å². The maximum Gasteiger partial charge on any atom is 0.319 e. The van der Waals surface area contributed by atoms with E-state index in [-0.39, 0.29) is 17.9 Å². The Morgan fingerprint density at radius 1 is 1.12 bits per heavy atom. The van der Waals surface area contributed by atoms with E-state index in [0.29, 0.717) is 17.7 Å². The van der Waals surface area contributed by atoms with Crippen LogP contribution < -0.4 is 10.6 Å². The average molecular weight is 447 g/mol. The Morgan fingerprint density at radius 2 is 2.00 bits per heavy atom. The number of fused-ring (bicyclic) bond motifs is 1. The molecule has 0 bridgehead atoms. The highest BCUT2D eigenvalue weighted by atomic mass is 32.1. The van der Waals surface area contributed by atoms with Crippen LogP contribution in [0.2, 0.25) is 0 Å². The van der Waals surface area contributed by atoms with Gasteiger partial charge >= 0.3 is 6.03 Å². The Bertz CT molecular complexity index is 1280. The predicted molar refractivity (Wildman–Crippen MR) is 127 cm³/mol. The first-order valence-electron chi connectivity index (χ1n) is 10.8. The van der Waals surface area contributed by atoms with E-state index in [1.54, 1.807) is 29.7 Å². The Balaban J connectivity index is 1.37. The van der Waals surface area contributed by atoms with Gasteiger partial charge in [-0.05, 0) is 66.3 Å². The van der Waals surface area contributed by atoms with Crippen molar-refractivity contribution in [2.75, 3.05) is 5.32 Å². The molecule has 1 fully saturated rings. The van der Waals surface area contributed by atoms with Crippen LogP contribution in [0.3, 0.4) is 0 Å². The van der Waals surface area contributed by atoms with Crippen molar-refractivity contribution in [3.8, 4) is 10.6 Å². The summed E-state index contributed by atoms with van der Waals surface area (Å²) in [5.41, 5.74) is 5.05. The Morgan fingerprint density at radius 3 is 2.72 bits per heavy atom. The lowest BCUT2D eigenvalue weighted by molar-refractivity contribution is 0.251. The molecule has 2 N–H and O–H groups in total. The molecule has 1 aromatic carbocycles. The van der Waals surface area contributed by atoms with Crippen LogP contribution in [0.15, 0.2) is 54.9 Å². The molecule has 7 heteroatoms. The van der Waals surface area contributed by atoms with Gasteiger partial charge in [0.15, 0.2) is 0 Å². The summed E-state index contributed by atoms with van der Waals surface area (Å²) in [7, 11) is 0. The first kappa shape index (κ1) is 20.6. The zero-order valence-electron chi connectivity index (χ0n) is 17.7. The van der Waals surface area contributed by atoms with Crippen molar-refractivity contribution >= 4 is 33.3 Å². The Kier molecular flexibility index (Phi) is 5.57. The summed E-state index contributed by atoms with van der Waals surface area (Å²) in [4.78, 5) is 22.0. The number of nitrogens with zero attached hydrogens (tertiary/aromatic N) is 2. The van der Waals surface area contributed by atoms with Crippen LogP contribution in [-0.2, 0) is 12.8 Å². The third-order valence-corrected chi connectivity index (χ3v) is 6.81. The Labute approximate surface area is 189 Å². The van der Waals surface area contributed by atoms with Crippen LogP contribution in [0.4, 0.5) is 14.9 Å². The lowest BCUT2D eigenvalue weighted by Crippen LogP contribution is -2.30. The van der Waals surface area contributed by atoms with Gasteiger partial charge in [0.05, 0.1) is 20.8 Å². The number of rotatable bonds is 6. The van der Waals surface area contributed by atoms with E-state index in [1.807, 2.05) is 24.4 Å². The minimum atomic E-state index is -0.340. The van der Waals surface area contributed by atoms with Crippen molar-refractivity contribution < 1.29 is 9.18 Å². The molecule has 0 spiro atoms. The summed E-state index contributed by atoms with van der Waals surface area (Å²) >= 11 is 1.63. The zero-order chi connectivity index (χ0) is 22.1. The van der Waals surface area contributed by atoms with E-state index in [0.717, 1.165) is 45.6 Å². The second-order valence-corrected chi connectivity index (χ2v) is 9.11. The van der Waals surface area contributed by atoms with Crippen LogP contribution in [0.5, 0.6) is 0 Å². The largest absolute Gasteiger partial charge is 0.335 e. The van der Waals surface area contributed by atoms with Gasteiger partial charge in [0, 0.05) is 30.5 Å². The quantitative estimate of drug-likeness (QED) is 0.385. The molecule has 0 radical (unpaired) electrons. The van der Waals surface area contributed by atoms with E-state index < -0.39 is 0 Å². The fourth-order valence-electron chi connectivity index (χ4n) is 3.59. The molecule has 32 heavy (non-hydrogen) atoms. The Hall–Kier alpha value is -3.32. The molecule has 1 aliphatic rings. The van der Waals surface area contributed by atoms with E-state index in [4.69, 9.17) is 0 Å². The first-order chi connectivity index (χ1) is 15.6. The lowest BCUT2D eigenvalue weighted by atomic mass is 10.0. The predicted octanol–water partition coefficient (Wildman–Crippen LogP) is 5.93. The van der Waals surface area contributed by atoms with Gasteiger partial charge in [-0.15, -0.1) is 11.3 Å². The molecule has 0 unspecified atom stereocenters. The second kappa shape index (κ2) is 8.67. The molecule has 4 aromatic rings. The number of pyridine rings is 2. The number of carbonyl (C=O) groups excluding carboxylic acids is 1. The summed E-state index contributed by atoms with van der Waals surface area (Å²) in [5, 5.41) is 5.53. The van der Waals surface area contributed by atoms with E-state index in [1.165, 1.54) is 11.6 Å². The number of thiophene rings is 1. The van der Waals surface area contributed by atoms with Crippen molar-refractivity contribution in [2.24, 2.45) is 0 Å². The van der Waals surface area contributed by atoms with E-state index >= 15 is 0 Å². The number of carbonyl (C=O) groups is 1. The minimum Gasteiger partial charge on any atom is -0.335 e. The topological polar surface area (TPSA) is 66.9 Å². The van der Waals surface area contributed by atoms with Crippen molar-refractivity contribution in [1.82, 2.24) is 15.3 Å². The first-order valence-corrected chi connectivity index (χ1v) is 11.6. The highest BCUT2D eigenvalue weighted by Crippen LogP contribution is 2.34. The SMILES string of the molecule is CCc1ccc(-c2cc3nccc(Cc4ccc(NC(=O)NC5CC5)cc4F)c3s2)nc1. The maximum absolute atomic E-state index is 14.8. The van der Waals surface area contributed by atoms with Crippen molar-refractivity contribution in [3.05, 3.63) is 77.4 Å². The lowest BCUT2D eigenvalue weighted by Gasteiger charge is -2.09. The number of aromatic nitrogens is 2. The molecule has 3 heterocycles. The van der Waals surface area contributed by atoms with Gasteiger partial charge < -0.3 is 10.6 Å². The van der Waals surface area contributed by atoms with Crippen LogP contribution in [0, 0.1) is 5.82 Å². The van der Waals surface area contributed by atoms with Gasteiger partial charge in [-0.3, -0.25) is 9.97 Å². The molecule has 3 aromatic heterocycles. The number of hydrogen-bond donors (Lipinski definition) is 2. The highest BCUT2D eigenvalue weighted by molar-refractivity contribution is 7.22. The van der Waals surface area contributed by atoms with Gasteiger partial charge in [-0.25, -0.2) is 9.18 Å². The molecule has 2 amide bonds. The van der Waals surface area contributed by atoms with Gasteiger partial charge in [0.2, 0.25) is 0 Å². The molecular weight excluding hydrogens is 423 g/mol. The zero-order valence-corrected chi connectivity index (χ0v) is 18.5. The van der Waals surface area contributed by atoms with Crippen molar-refractivity contribution in [3.63, 3.8) is 0 Å². The summed E-state index contributed by atoms with van der Waals surface area (Å²) in [6.07, 6.45) is 7.08. The number of aryl methyl sites for hydroxylation is 1. The smallest absolute Gasteiger partial charge is 0.319 e. The van der Waals surface area contributed by atoms with Crippen LogP contribution in [0.1, 0.15) is 36.5 Å². The van der Waals surface area contributed by atoms with Crippen molar-refractivity contribution in [2.45, 2.75) is 38.6 Å². The summed E-state index contributed by atoms with van der Waals surface area (Å²) in [6.45, 7) is 2.11. The summed E-state index contributed by atoms with van der Waals surface area (Å²) in [5.74, 6) is -0.340. The number of urea groups is 1. The molecule has 1 aliphatic carbocycles. The molecule has 0 aliphatic heterocycles. The maximum atomic E-state index is 14.8. The number of amides is 2. The van der Waals surface area contributed by atoms with Gasteiger partial charge in [-0.1, -0.05) is 19.1 Å². The summed E-state index contributed by atoms with van der Waals surface area (Å²) in [6, 6.07) is 12.9. The molecule has 162 valence electrons. The van der Waals surface area contributed by atoms with Crippen molar-refractivity contribution in [1.29, 1.82) is 0 Å². The minimum absolute atomic E-state index is 0.253. The third-order valence-electron chi connectivity index (χ3n) is 5.58. The number of nitrogens with one attached hydrogen (secondary N) is 2. The van der Waals surface area contributed by atoms with E-state index in [2.05, 4.69) is 33.6 Å². The molecule has 1 saturated carbocycles. The summed E-state index contributed by atoms with van der Waals surface area (Å²) < 4.78 is 15.8.